The van der Waals surface area contributed by atoms with Crippen LogP contribution in [0.5, 0.6) is 0 Å². The lowest BCUT2D eigenvalue weighted by Crippen LogP contribution is -2.29. The smallest absolute Gasteiger partial charge is 0.153 e. The topological polar surface area (TPSA) is 46.2 Å². The number of nitrogens with one attached hydrogen (secondary N) is 1. The quantitative estimate of drug-likeness (QED) is 0.784. The van der Waals surface area contributed by atoms with E-state index in [2.05, 4.69) is 12.2 Å². The van der Waals surface area contributed by atoms with Gasteiger partial charge in [-0.3, -0.25) is 0 Å². The van der Waals surface area contributed by atoms with E-state index >= 15 is 0 Å². The molecule has 90 valence electrons. The summed E-state index contributed by atoms with van der Waals surface area (Å²) in [4.78, 5) is 0. The van der Waals surface area contributed by atoms with Gasteiger partial charge in [-0.2, -0.15) is 0 Å². The highest BCUT2D eigenvalue weighted by molar-refractivity contribution is 7.92. The van der Waals surface area contributed by atoms with Crippen LogP contribution in [0.2, 0.25) is 0 Å². The normalized spacial score (nSPS) is 27.5. The van der Waals surface area contributed by atoms with E-state index in [-0.39, 0.29) is 11.2 Å². The summed E-state index contributed by atoms with van der Waals surface area (Å²) in [6.07, 6.45) is 2.66. The Morgan fingerprint density at radius 3 is 2.53 bits per heavy atom. The van der Waals surface area contributed by atoms with E-state index in [4.69, 9.17) is 0 Å². The Kier molecular flexibility index (Phi) is 4.59. The molecule has 0 aromatic carbocycles. The maximum atomic E-state index is 12.0. The molecule has 1 N–H and O–H groups in total. The summed E-state index contributed by atoms with van der Waals surface area (Å²) in [5.41, 5.74) is 0. The van der Waals surface area contributed by atoms with Crippen molar-refractivity contribution in [1.29, 1.82) is 0 Å². The zero-order valence-electron chi connectivity index (χ0n) is 9.99. The third kappa shape index (κ3) is 3.76. The van der Waals surface area contributed by atoms with Crippen molar-refractivity contribution < 1.29 is 8.42 Å². The SMILES string of the molecule is CCNC1CCC(S(=O)(=O)CC(C)C)C1. The maximum Gasteiger partial charge on any atom is 0.153 e. The van der Waals surface area contributed by atoms with Crippen LogP contribution in [-0.2, 0) is 9.84 Å². The lowest BCUT2D eigenvalue weighted by molar-refractivity contribution is 0.535. The first-order valence-corrected chi connectivity index (χ1v) is 7.62. The van der Waals surface area contributed by atoms with Crippen LogP contribution in [0.25, 0.3) is 0 Å². The molecular formula is C11H23NO2S. The maximum absolute atomic E-state index is 12.0. The third-order valence-electron chi connectivity index (χ3n) is 2.95. The summed E-state index contributed by atoms with van der Waals surface area (Å²) in [5.74, 6) is 0.587. The van der Waals surface area contributed by atoms with Crippen LogP contribution in [0.4, 0.5) is 0 Å². The molecule has 4 heteroatoms. The molecule has 3 nitrogen and oxygen atoms in total. The van der Waals surface area contributed by atoms with Crippen molar-refractivity contribution in [3.05, 3.63) is 0 Å². The van der Waals surface area contributed by atoms with Gasteiger partial charge in [-0.25, -0.2) is 8.42 Å². The molecule has 1 aliphatic rings. The van der Waals surface area contributed by atoms with Crippen LogP contribution >= 0.6 is 0 Å². The standard InChI is InChI=1S/C11H23NO2S/c1-4-12-10-5-6-11(7-10)15(13,14)8-9(2)3/h9-12H,4-8H2,1-3H3. The summed E-state index contributed by atoms with van der Waals surface area (Å²) in [6, 6.07) is 0.418. The molecule has 0 amide bonds. The molecule has 0 radical (unpaired) electrons. The van der Waals surface area contributed by atoms with Gasteiger partial charge in [0.15, 0.2) is 9.84 Å². The minimum atomic E-state index is -2.85. The van der Waals surface area contributed by atoms with E-state index in [0.29, 0.717) is 11.8 Å². The molecular weight excluding hydrogens is 210 g/mol. The number of rotatable bonds is 5. The largest absolute Gasteiger partial charge is 0.314 e. The van der Waals surface area contributed by atoms with Crippen LogP contribution in [-0.4, -0.2) is 32.0 Å². The first-order valence-electron chi connectivity index (χ1n) is 5.90. The van der Waals surface area contributed by atoms with Crippen molar-refractivity contribution >= 4 is 9.84 Å². The predicted octanol–water partition coefficient (Wildman–Crippen LogP) is 1.59. The van der Waals surface area contributed by atoms with Gasteiger partial charge in [-0.1, -0.05) is 20.8 Å². The fourth-order valence-electron chi connectivity index (χ4n) is 2.34. The van der Waals surface area contributed by atoms with Gasteiger partial charge in [0, 0.05) is 6.04 Å². The number of sulfone groups is 1. The molecule has 0 aromatic rings. The Morgan fingerprint density at radius 2 is 2.00 bits per heavy atom. The van der Waals surface area contributed by atoms with Crippen LogP contribution in [0, 0.1) is 5.92 Å². The fourth-order valence-corrected chi connectivity index (χ4v) is 4.56. The fraction of sp³-hybridized carbons (Fsp3) is 1.00. The van der Waals surface area contributed by atoms with Crippen LogP contribution in [0.15, 0.2) is 0 Å². The summed E-state index contributed by atoms with van der Waals surface area (Å²) in [6.45, 7) is 6.93. The molecule has 0 aliphatic heterocycles. The molecule has 1 fully saturated rings. The summed E-state index contributed by atoms with van der Waals surface area (Å²) >= 11 is 0. The average Bonchev–Trinajstić information content (AvgIpc) is 2.51. The second-order valence-electron chi connectivity index (χ2n) is 4.91. The monoisotopic (exact) mass is 233 g/mol. The molecule has 1 aliphatic carbocycles. The molecule has 0 saturated heterocycles. The van der Waals surface area contributed by atoms with Crippen molar-refractivity contribution in [2.75, 3.05) is 12.3 Å². The summed E-state index contributed by atoms with van der Waals surface area (Å²) < 4.78 is 23.9. The van der Waals surface area contributed by atoms with Crippen molar-refractivity contribution in [1.82, 2.24) is 5.32 Å². The van der Waals surface area contributed by atoms with Gasteiger partial charge in [0.1, 0.15) is 0 Å². The van der Waals surface area contributed by atoms with Crippen molar-refractivity contribution in [2.45, 2.75) is 51.3 Å². The lowest BCUT2D eigenvalue weighted by Gasteiger charge is -2.14. The Balaban J connectivity index is 2.52. The van der Waals surface area contributed by atoms with Crippen LogP contribution in [0.1, 0.15) is 40.0 Å². The second kappa shape index (κ2) is 5.30. The van der Waals surface area contributed by atoms with Gasteiger partial charge in [0.05, 0.1) is 11.0 Å². The first kappa shape index (κ1) is 13.0. The average molecular weight is 233 g/mol. The van der Waals surface area contributed by atoms with Gasteiger partial charge in [-0.05, 0) is 31.7 Å². The highest BCUT2D eigenvalue weighted by Crippen LogP contribution is 2.26. The zero-order valence-corrected chi connectivity index (χ0v) is 10.8. The first-order chi connectivity index (χ1) is 6.95. The molecule has 1 rings (SSSR count). The molecule has 0 spiro atoms. The van der Waals surface area contributed by atoms with E-state index in [9.17, 15) is 8.42 Å². The molecule has 2 atom stereocenters. The highest BCUT2D eigenvalue weighted by atomic mass is 32.2. The Bertz CT molecular complexity index is 285. The van der Waals surface area contributed by atoms with Gasteiger partial charge >= 0.3 is 0 Å². The zero-order chi connectivity index (χ0) is 11.5. The van der Waals surface area contributed by atoms with E-state index in [1.165, 1.54) is 0 Å². The molecule has 0 aromatic heterocycles. The van der Waals surface area contributed by atoms with Crippen molar-refractivity contribution in [3.63, 3.8) is 0 Å². The van der Waals surface area contributed by atoms with Gasteiger partial charge in [-0.15, -0.1) is 0 Å². The van der Waals surface area contributed by atoms with E-state index < -0.39 is 9.84 Å². The van der Waals surface area contributed by atoms with Crippen LogP contribution in [0.3, 0.4) is 0 Å². The van der Waals surface area contributed by atoms with Crippen molar-refractivity contribution in [3.8, 4) is 0 Å². The van der Waals surface area contributed by atoms with Crippen molar-refractivity contribution in [2.24, 2.45) is 5.92 Å². The highest BCUT2D eigenvalue weighted by Gasteiger charge is 2.33. The molecule has 0 heterocycles. The van der Waals surface area contributed by atoms with E-state index in [0.717, 1.165) is 25.8 Å². The Labute approximate surface area is 93.6 Å². The Hall–Kier alpha value is -0.0900. The molecule has 2 unspecified atom stereocenters. The van der Waals surface area contributed by atoms with Crippen LogP contribution < -0.4 is 5.32 Å². The van der Waals surface area contributed by atoms with Gasteiger partial charge in [0.25, 0.3) is 0 Å². The van der Waals surface area contributed by atoms with E-state index in [1.807, 2.05) is 13.8 Å². The van der Waals surface area contributed by atoms with Gasteiger partial charge in [0.2, 0.25) is 0 Å². The minimum absolute atomic E-state index is 0.0936. The molecule has 15 heavy (non-hydrogen) atoms. The number of hydrogen-bond donors (Lipinski definition) is 1. The minimum Gasteiger partial charge on any atom is -0.314 e. The predicted molar refractivity (Wildman–Crippen MR) is 63.7 cm³/mol. The van der Waals surface area contributed by atoms with Gasteiger partial charge < -0.3 is 5.32 Å². The second-order valence-corrected chi connectivity index (χ2v) is 7.24. The van der Waals surface area contributed by atoms with E-state index in [1.54, 1.807) is 0 Å². The molecule has 0 bridgehead atoms. The summed E-state index contributed by atoms with van der Waals surface area (Å²) in [7, 11) is -2.85. The Morgan fingerprint density at radius 1 is 1.33 bits per heavy atom. The lowest BCUT2D eigenvalue weighted by atomic mass is 10.2. The molecule has 1 saturated carbocycles. The number of hydrogen-bond acceptors (Lipinski definition) is 3. The third-order valence-corrected chi connectivity index (χ3v) is 5.53. The summed E-state index contributed by atoms with van der Waals surface area (Å²) in [5, 5.41) is 3.24.